The average molecular weight is 504 g/mol. The molecule has 2 heterocycles. The Morgan fingerprint density at radius 2 is 2.19 bits per heavy atom. The van der Waals surface area contributed by atoms with E-state index in [1.54, 1.807) is 10.7 Å². The van der Waals surface area contributed by atoms with Gasteiger partial charge in [-0.3, -0.25) is 9.48 Å². The van der Waals surface area contributed by atoms with Gasteiger partial charge in [-0.05, 0) is 37.1 Å². The van der Waals surface area contributed by atoms with E-state index in [-0.39, 0.29) is 30.1 Å². The number of ketones is 1. The quantitative estimate of drug-likeness (QED) is 0.424. The maximum absolute atomic E-state index is 14.5. The standard InChI is InChI=1S/C22H23BrFN5O3/c1-12-5-18(28-29(12)9-13-3-2-4-15(23)6-13)21(32)16-8-25-11-26-22(16)27-17-7-14(10-30)20(31)19(17)24/h2-6,8,11,14,17,19-20,30-31H,7,9-10H2,1H3,(H,25,26,27). The Morgan fingerprint density at radius 3 is 2.91 bits per heavy atom. The molecule has 1 aromatic carbocycles. The van der Waals surface area contributed by atoms with E-state index < -0.39 is 30.0 Å². The van der Waals surface area contributed by atoms with Crippen LogP contribution < -0.4 is 5.32 Å². The minimum Gasteiger partial charge on any atom is -0.396 e. The Bertz CT molecular complexity index is 1120. The van der Waals surface area contributed by atoms with E-state index in [9.17, 15) is 19.4 Å². The minimum atomic E-state index is -1.59. The predicted octanol–water partition coefficient (Wildman–Crippen LogP) is 2.52. The van der Waals surface area contributed by atoms with Crippen LogP contribution in [-0.2, 0) is 6.54 Å². The molecule has 3 aromatic rings. The number of anilines is 1. The summed E-state index contributed by atoms with van der Waals surface area (Å²) in [5.41, 5.74) is 2.23. The van der Waals surface area contributed by atoms with Gasteiger partial charge in [-0.15, -0.1) is 0 Å². The molecule has 0 spiro atoms. The number of rotatable bonds is 7. The Morgan fingerprint density at radius 1 is 1.38 bits per heavy atom. The smallest absolute Gasteiger partial charge is 0.218 e. The van der Waals surface area contributed by atoms with Gasteiger partial charge >= 0.3 is 0 Å². The molecule has 0 aliphatic heterocycles. The monoisotopic (exact) mass is 503 g/mol. The zero-order chi connectivity index (χ0) is 22.8. The third-order valence-electron chi connectivity index (χ3n) is 5.70. The second kappa shape index (κ2) is 9.43. The van der Waals surface area contributed by atoms with Crippen molar-refractivity contribution in [1.82, 2.24) is 19.7 Å². The summed E-state index contributed by atoms with van der Waals surface area (Å²) < 4.78 is 17.2. The lowest BCUT2D eigenvalue weighted by Gasteiger charge is -2.18. The van der Waals surface area contributed by atoms with Gasteiger partial charge in [0.15, 0.2) is 0 Å². The lowest BCUT2D eigenvalue weighted by molar-refractivity contribution is 0.0444. The number of aromatic nitrogens is 4. The summed E-state index contributed by atoms with van der Waals surface area (Å²) in [5.74, 6) is -0.792. The van der Waals surface area contributed by atoms with Gasteiger partial charge in [0, 0.05) is 28.9 Å². The molecule has 168 valence electrons. The fraction of sp³-hybridized carbons (Fsp3) is 0.364. The summed E-state index contributed by atoms with van der Waals surface area (Å²) in [5, 5.41) is 26.6. The van der Waals surface area contributed by atoms with E-state index in [1.165, 1.54) is 12.5 Å². The number of hydrogen-bond donors (Lipinski definition) is 3. The SMILES string of the molecule is Cc1cc(C(=O)c2cncnc2NC2CC(CO)C(O)C2F)nn1Cc1cccc(Br)c1. The van der Waals surface area contributed by atoms with Gasteiger partial charge in [-0.2, -0.15) is 5.10 Å². The number of halogens is 2. The Balaban J connectivity index is 1.56. The molecular formula is C22H23BrFN5O3. The highest BCUT2D eigenvalue weighted by molar-refractivity contribution is 9.10. The van der Waals surface area contributed by atoms with Crippen molar-refractivity contribution in [3.63, 3.8) is 0 Å². The molecule has 4 unspecified atom stereocenters. The summed E-state index contributed by atoms with van der Waals surface area (Å²) >= 11 is 3.45. The first-order valence-electron chi connectivity index (χ1n) is 10.2. The van der Waals surface area contributed by atoms with Crippen LogP contribution in [0.5, 0.6) is 0 Å². The summed E-state index contributed by atoms with van der Waals surface area (Å²) in [4.78, 5) is 21.2. The van der Waals surface area contributed by atoms with Crippen molar-refractivity contribution in [1.29, 1.82) is 0 Å². The fourth-order valence-corrected chi connectivity index (χ4v) is 4.38. The van der Waals surface area contributed by atoms with Gasteiger partial charge in [0.25, 0.3) is 0 Å². The molecule has 1 aliphatic carbocycles. The number of nitrogens with zero attached hydrogens (tertiary/aromatic N) is 4. The number of hydrogen-bond acceptors (Lipinski definition) is 7. The second-order valence-electron chi connectivity index (χ2n) is 7.94. The van der Waals surface area contributed by atoms with Crippen molar-refractivity contribution < 1.29 is 19.4 Å². The molecule has 0 bridgehead atoms. The summed E-state index contributed by atoms with van der Waals surface area (Å²) in [7, 11) is 0. The van der Waals surface area contributed by atoms with Crippen LogP contribution in [0.2, 0.25) is 0 Å². The largest absolute Gasteiger partial charge is 0.396 e. The van der Waals surface area contributed by atoms with Gasteiger partial charge in [0.2, 0.25) is 5.78 Å². The molecule has 0 saturated heterocycles. The molecule has 32 heavy (non-hydrogen) atoms. The number of aryl methyl sites for hydroxylation is 1. The van der Waals surface area contributed by atoms with Crippen LogP contribution in [0.15, 0.2) is 47.3 Å². The summed E-state index contributed by atoms with van der Waals surface area (Å²) in [6.07, 6.45) is -0.0101. The van der Waals surface area contributed by atoms with Gasteiger partial charge < -0.3 is 15.5 Å². The number of aliphatic hydroxyl groups excluding tert-OH is 2. The van der Waals surface area contributed by atoms with Gasteiger partial charge in [0.1, 0.15) is 24.0 Å². The Hall–Kier alpha value is -2.69. The molecule has 1 saturated carbocycles. The van der Waals surface area contributed by atoms with E-state index in [0.29, 0.717) is 6.54 Å². The van der Waals surface area contributed by atoms with Crippen molar-refractivity contribution >= 4 is 27.5 Å². The van der Waals surface area contributed by atoms with Gasteiger partial charge in [-0.1, -0.05) is 28.1 Å². The first-order valence-corrected chi connectivity index (χ1v) is 11.0. The van der Waals surface area contributed by atoms with Crippen molar-refractivity contribution in [2.24, 2.45) is 5.92 Å². The number of nitrogens with one attached hydrogen (secondary N) is 1. The minimum absolute atomic E-state index is 0.161. The van der Waals surface area contributed by atoms with Gasteiger partial charge in [-0.25, -0.2) is 14.4 Å². The summed E-state index contributed by atoms with van der Waals surface area (Å²) in [6.45, 7) is 2.05. The average Bonchev–Trinajstić information content (AvgIpc) is 3.28. The van der Waals surface area contributed by atoms with Crippen LogP contribution in [0, 0.1) is 12.8 Å². The lowest BCUT2D eigenvalue weighted by atomic mass is 10.1. The van der Waals surface area contributed by atoms with E-state index in [0.717, 1.165) is 15.7 Å². The molecule has 1 fully saturated rings. The van der Waals surface area contributed by atoms with E-state index in [2.05, 4.69) is 36.3 Å². The zero-order valence-electron chi connectivity index (χ0n) is 17.3. The highest BCUT2D eigenvalue weighted by Gasteiger charge is 2.43. The fourth-order valence-electron chi connectivity index (χ4n) is 3.93. The molecular weight excluding hydrogens is 481 g/mol. The van der Waals surface area contributed by atoms with Crippen LogP contribution in [0.4, 0.5) is 10.2 Å². The lowest BCUT2D eigenvalue weighted by Crippen LogP contribution is -2.32. The number of carbonyl (C=O) groups excluding carboxylic acids is 1. The van der Waals surface area contributed by atoms with Crippen LogP contribution in [0.25, 0.3) is 0 Å². The van der Waals surface area contributed by atoms with Crippen LogP contribution in [0.1, 0.15) is 33.7 Å². The van der Waals surface area contributed by atoms with Crippen LogP contribution in [0.3, 0.4) is 0 Å². The van der Waals surface area contributed by atoms with E-state index >= 15 is 0 Å². The molecule has 4 atom stereocenters. The topological polar surface area (TPSA) is 113 Å². The number of benzene rings is 1. The number of aliphatic hydroxyl groups is 2. The van der Waals surface area contributed by atoms with Crippen molar-refractivity contribution in [2.45, 2.75) is 38.2 Å². The predicted molar refractivity (Wildman–Crippen MR) is 119 cm³/mol. The van der Waals surface area contributed by atoms with Crippen LogP contribution >= 0.6 is 15.9 Å². The van der Waals surface area contributed by atoms with Crippen molar-refractivity contribution in [3.8, 4) is 0 Å². The van der Waals surface area contributed by atoms with Crippen molar-refractivity contribution in [3.05, 3.63) is 69.8 Å². The summed E-state index contributed by atoms with van der Waals surface area (Å²) in [6, 6.07) is 8.74. The third-order valence-corrected chi connectivity index (χ3v) is 6.19. The van der Waals surface area contributed by atoms with E-state index in [4.69, 9.17) is 0 Å². The highest BCUT2D eigenvalue weighted by atomic mass is 79.9. The highest BCUT2D eigenvalue weighted by Crippen LogP contribution is 2.31. The third kappa shape index (κ3) is 4.57. The molecule has 4 rings (SSSR count). The maximum Gasteiger partial charge on any atom is 0.218 e. The van der Waals surface area contributed by atoms with Crippen molar-refractivity contribution in [2.75, 3.05) is 11.9 Å². The zero-order valence-corrected chi connectivity index (χ0v) is 18.9. The maximum atomic E-state index is 14.5. The Labute approximate surface area is 192 Å². The molecule has 0 radical (unpaired) electrons. The first-order chi connectivity index (χ1) is 15.4. The van der Waals surface area contributed by atoms with Gasteiger partial charge in [0.05, 0.1) is 24.3 Å². The molecule has 1 aliphatic rings. The second-order valence-corrected chi connectivity index (χ2v) is 8.85. The molecule has 10 heteroatoms. The number of carbonyl (C=O) groups is 1. The van der Waals surface area contributed by atoms with E-state index in [1.807, 2.05) is 31.2 Å². The molecule has 0 amide bonds. The number of alkyl halides is 1. The first kappa shape index (κ1) is 22.5. The molecule has 3 N–H and O–H groups in total. The normalized spacial score (nSPS) is 22.8. The van der Waals surface area contributed by atoms with Crippen LogP contribution in [-0.4, -0.2) is 60.7 Å². The molecule has 8 nitrogen and oxygen atoms in total. The Kier molecular flexibility index (Phi) is 6.63. The molecule has 2 aromatic heterocycles.